The molecule has 5 N–H and O–H groups in total. The van der Waals surface area contributed by atoms with Crippen LogP contribution in [-0.2, 0) is 24.4 Å². The molecule has 5 amide bonds. The normalized spacial score (nSPS) is 25.6. The first-order chi connectivity index (χ1) is 28.1. The highest BCUT2D eigenvalue weighted by molar-refractivity contribution is 7.91. The highest BCUT2D eigenvalue weighted by atomic mass is 32.2. The van der Waals surface area contributed by atoms with Gasteiger partial charge in [0.1, 0.15) is 40.9 Å². The molecule has 59 heavy (non-hydrogen) atoms. The standard InChI is InChI=1S/C42H52N8O8S/c1-41(2,3)25-43-36(51)34-21-28(20-33(45-34)26-12-8-7-9-13-26)58-29-22-35-38(53)47-42(40(55)49-59(56,57)30-16-17-30)23-27(42)14-10-5-4-6-11-15-32(39(54)50(35)24-29)46-37(52)31-18-19-44-48-31/h7-10,12-14,18-21,27,29-30,32,35H,4-6,11,15-17,22-25H2,1-3H3,(H,43,51)(H,44,48)(H,46,52)(H,47,53)(H,49,55)/b14-10+/t27-,29-,32+,35+,42-/m1/s1. The number of hydrogen-bond donors (Lipinski definition) is 5. The van der Waals surface area contributed by atoms with Gasteiger partial charge in [0.05, 0.1) is 17.5 Å². The van der Waals surface area contributed by atoms with Gasteiger partial charge in [-0.3, -0.25) is 33.8 Å². The van der Waals surface area contributed by atoms with Gasteiger partial charge in [0.25, 0.3) is 17.7 Å². The smallest absolute Gasteiger partial charge is 0.270 e. The van der Waals surface area contributed by atoms with Crippen LogP contribution in [0.15, 0.2) is 66.9 Å². The second-order valence-electron chi connectivity index (χ2n) is 17.2. The molecule has 2 aliphatic carbocycles. The van der Waals surface area contributed by atoms with Crippen molar-refractivity contribution in [2.24, 2.45) is 11.3 Å². The first kappa shape index (κ1) is 41.6. The molecular weight excluding hydrogens is 777 g/mol. The molecule has 17 heteroatoms. The summed E-state index contributed by atoms with van der Waals surface area (Å²) in [5.41, 5.74) is -0.213. The third kappa shape index (κ3) is 10.0. The summed E-state index contributed by atoms with van der Waals surface area (Å²) in [6.45, 7) is 6.34. The number of sulfonamides is 1. The second kappa shape index (κ2) is 17.0. The number of hydrogen-bond acceptors (Lipinski definition) is 10. The number of benzene rings is 1. The van der Waals surface area contributed by atoms with E-state index in [4.69, 9.17) is 4.74 Å². The molecule has 2 aromatic heterocycles. The third-order valence-electron chi connectivity index (χ3n) is 11.1. The molecule has 4 aliphatic rings. The zero-order valence-electron chi connectivity index (χ0n) is 33.5. The van der Waals surface area contributed by atoms with Crippen LogP contribution in [0.5, 0.6) is 5.75 Å². The van der Waals surface area contributed by atoms with Gasteiger partial charge >= 0.3 is 0 Å². The summed E-state index contributed by atoms with van der Waals surface area (Å²) < 4.78 is 34.5. The lowest BCUT2D eigenvalue weighted by molar-refractivity contribution is -0.141. The van der Waals surface area contributed by atoms with Crippen LogP contribution < -0.4 is 25.4 Å². The van der Waals surface area contributed by atoms with Gasteiger partial charge in [-0.2, -0.15) is 5.10 Å². The molecule has 2 saturated carbocycles. The Morgan fingerprint density at radius 3 is 2.49 bits per heavy atom. The number of carbonyl (C=O) groups is 5. The molecule has 3 fully saturated rings. The number of fused-ring (bicyclic) bond motifs is 2. The monoisotopic (exact) mass is 828 g/mol. The molecule has 16 nitrogen and oxygen atoms in total. The summed E-state index contributed by atoms with van der Waals surface area (Å²) in [6.07, 6.45) is 8.62. The minimum Gasteiger partial charge on any atom is -0.488 e. The minimum absolute atomic E-state index is 0.00802. The van der Waals surface area contributed by atoms with E-state index in [0.29, 0.717) is 44.3 Å². The molecule has 7 rings (SSSR count). The predicted octanol–water partition coefficient (Wildman–Crippen LogP) is 3.40. The molecule has 4 heterocycles. The summed E-state index contributed by atoms with van der Waals surface area (Å²) in [7, 11) is -3.92. The molecule has 0 spiro atoms. The molecule has 0 radical (unpaired) electrons. The van der Waals surface area contributed by atoms with Gasteiger partial charge < -0.3 is 25.6 Å². The molecular formula is C42H52N8O8S. The van der Waals surface area contributed by atoms with Gasteiger partial charge in [-0.1, -0.05) is 76.1 Å². The lowest BCUT2D eigenvalue weighted by Gasteiger charge is -2.29. The fourth-order valence-electron chi connectivity index (χ4n) is 7.54. The van der Waals surface area contributed by atoms with Crippen molar-refractivity contribution in [2.45, 2.75) is 108 Å². The number of pyridine rings is 1. The fourth-order valence-corrected chi connectivity index (χ4v) is 8.90. The van der Waals surface area contributed by atoms with E-state index >= 15 is 0 Å². The summed E-state index contributed by atoms with van der Waals surface area (Å²) in [6, 6.07) is 11.8. The second-order valence-corrected chi connectivity index (χ2v) is 19.1. The van der Waals surface area contributed by atoms with Crippen molar-refractivity contribution >= 4 is 39.6 Å². The van der Waals surface area contributed by atoms with E-state index in [-0.39, 0.29) is 41.9 Å². The van der Waals surface area contributed by atoms with Gasteiger partial charge in [-0.25, -0.2) is 13.4 Å². The van der Waals surface area contributed by atoms with Crippen molar-refractivity contribution in [2.75, 3.05) is 13.1 Å². The van der Waals surface area contributed by atoms with E-state index in [0.717, 1.165) is 18.4 Å². The first-order valence-electron chi connectivity index (χ1n) is 20.3. The fraction of sp³-hybridized carbons (Fsp3) is 0.500. The Kier molecular flexibility index (Phi) is 11.9. The quantitative estimate of drug-likeness (QED) is 0.188. The zero-order valence-corrected chi connectivity index (χ0v) is 34.3. The van der Waals surface area contributed by atoms with Gasteiger partial charge in [-0.15, -0.1) is 0 Å². The lowest BCUT2D eigenvalue weighted by atomic mass is 9.97. The van der Waals surface area contributed by atoms with Gasteiger partial charge in [-0.05, 0) is 50.0 Å². The average Bonchev–Trinajstić information content (AvgIpc) is 4.06. The molecule has 1 saturated heterocycles. The van der Waals surface area contributed by atoms with Crippen LogP contribution in [0.4, 0.5) is 0 Å². The van der Waals surface area contributed by atoms with Crippen LogP contribution in [0.1, 0.15) is 99.5 Å². The topological polar surface area (TPSA) is 222 Å². The Hall–Kier alpha value is -5.58. The van der Waals surface area contributed by atoms with Crippen LogP contribution in [0.3, 0.4) is 0 Å². The number of H-pyrrole nitrogens is 1. The van der Waals surface area contributed by atoms with Crippen LogP contribution in [0.2, 0.25) is 0 Å². The molecule has 0 unspecified atom stereocenters. The van der Waals surface area contributed by atoms with Crippen molar-refractivity contribution in [3.8, 4) is 17.0 Å². The van der Waals surface area contributed by atoms with Gasteiger partial charge in [0, 0.05) is 42.8 Å². The molecule has 3 aromatic rings. The number of aromatic nitrogens is 3. The van der Waals surface area contributed by atoms with E-state index in [1.807, 2.05) is 63.3 Å². The van der Waals surface area contributed by atoms with Crippen molar-refractivity contribution in [1.82, 2.24) is 40.8 Å². The molecule has 314 valence electrons. The van der Waals surface area contributed by atoms with Crippen LogP contribution in [0, 0.1) is 11.3 Å². The maximum absolute atomic E-state index is 14.6. The average molecular weight is 829 g/mol. The number of aromatic amines is 1. The summed E-state index contributed by atoms with van der Waals surface area (Å²) in [5.74, 6) is -3.08. The Labute approximate surface area is 343 Å². The number of nitrogens with one attached hydrogen (secondary N) is 5. The van der Waals surface area contributed by atoms with E-state index in [1.165, 1.54) is 23.2 Å². The van der Waals surface area contributed by atoms with Crippen LogP contribution in [-0.4, -0.2) is 100 Å². The summed E-state index contributed by atoms with van der Waals surface area (Å²) in [5, 5.41) is 14.5. The Morgan fingerprint density at radius 1 is 1.00 bits per heavy atom. The van der Waals surface area contributed by atoms with Crippen molar-refractivity contribution in [3.05, 3.63) is 78.3 Å². The van der Waals surface area contributed by atoms with Crippen molar-refractivity contribution < 1.29 is 37.1 Å². The van der Waals surface area contributed by atoms with E-state index in [1.54, 1.807) is 6.07 Å². The van der Waals surface area contributed by atoms with Crippen molar-refractivity contribution in [1.29, 1.82) is 0 Å². The maximum Gasteiger partial charge on any atom is 0.270 e. The van der Waals surface area contributed by atoms with Gasteiger partial charge in [0.2, 0.25) is 21.8 Å². The molecule has 0 bridgehead atoms. The Morgan fingerprint density at radius 2 is 1.78 bits per heavy atom. The highest BCUT2D eigenvalue weighted by Crippen LogP contribution is 2.46. The highest BCUT2D eigenvalue weighted by Gasteiger charge is 2.62. The predicted molar refractivity (Wildman–Crippen MR) is 217 cm³/mol. The number of rotatable bonds is 10. The van der Waals surface area contributed by atoms with Crippen molar-refractivity contribution in [3.63, 3.8) is 0 Å². The number of nitrogens with zero attached hydrogens (tertiary/aromatic N) is 3. The minimum atomic E-state index is -3.92. The first-order valence-corrected chi connectivity index (χ1v) is 21.8. The van der Waals surface area contributed by atoms with E-state index in [2.05, 4.69) is 35.9 Å². The largest absolute Gasteiger partial charge is 0.488 e. The molecule has 1 aromatic carbocycles. The van der Waals surface area contributed by atoms with Gasteiger partial charge in [0.15, 0.2) is 0 Å². The molecule has 2 aliphatic heterocycles. The lowest BCUT2D eigenvalue weighted by Crippen LogP contribution is -2.58. The Bertz CT molecular complexity index is 2200. The number of ether oxygens (including phenoxy) is 1. The third-order valence-corrected chi connectivity index (χ3v) is 12.9. The summed E-state index contributed by atoms with van der Waals surface area (Å²) in [4.78, 5) is 75.7. The number of carbonyl (C=O) groups excluding carboxylic acids is 5. The number of allylic oxidation sites excluding steroid dienone is 1. The zero-order chi connectivity index (χ0) is 42.0. The Balaban J connectivity index is 1.20. The molecule has 5 atom stereocenters. The van der Waals surface area contributed by atoms with Crippen LogP contribution >= 0.6 is 0 Å². The van der Waals surface area contributed by atoms with E-state index in [9.17, 15) is 32.4 Å². The maximum atomic E-state index is 14.6. The van der Waals surface area contributed by atoms with Crippen LogP contribution in [0.25, 0.3) is 11.3 Å². The van der Waals surface area contributed by atoms with E-state index < -0.39 is 74.5 Å². The number of amides is 5. The summed E-state index contributed by atoms with van der Waals surface area (Å²) >= 11 is 0. The SMILES string of the molecule is CC(C)(C)CNC(=O)c1cc(O[C@@H]2C[C@H]3C(=O)N[C@]4(C(=O)NS(=O)(=O)C5CC5)C[C@H]4/C=C/CCCCC[C@H](NC(=O)c4ccn[nH]4)C(=O)N3C2)cc(-c2ccccc2)n1.